The second-order valence-electron chi connectivity index (χ2n) is 12.3. The molecule has 0 radical (unpaired) electrons. The maximum Gasteiger partial charge on any atom is 0.255 e. The number of hydrogen-bond acceptors (Lipinski definition) is 10. The van der Waals surface area contributed by atoms with E-state index in [0.29, 0.717) is 28.9 Å². The lowest BCUT2D eigenvalue weighted by Gasteiger charge is -2.50. The Bertz CT molecular complexity index is 1590. The lowest BCUT2D eigenvalue weighted by atomic mass is 9.58. The molecule has 1 saturated heterocycles. The topological polar surface area (TPSA) is 178 Å². The molecule has 6 N–H and O–H groups in total. The quantitative estimate of drug-likeness (QED) is 0.325. The molecule has 2 heterocycles. The first-order valence-electron chi connectivity index (χ1n) is 14.6. The number of benzene rings is 1. The number of aromatic hydroxyl groups is 1. The molecule has 0 spiro atoms. The summed E-state index contributed by atoms with van der Waals surface area (Å²) in [6, 6.07) is 6.31. The number of phenols is 1. The average Bonchev–Trinajstić information content (AvgIpc) is 2.97. The second-order valence-corrected chi connectivity index (χ2v) is 12.3. The Morgan fingerprint density at radius 2 is 1.86 bits per heavy atom. The van der Waals surface area contributed by atoms with E-state index in [1.165, 1.54) is 4.90 Å². The number of rotatable bonds is 5. The summed E-state index contributed by atoms with van der Waals surface area (Å²) in [4.78, 5) is 48.4. The van der Waals surface area contributed by atoms with E-state index in [0.717, 1.165) is 32.4 Å². The molecule has 11 heteroatoms. The van der Waals surface area contributed by atoms with Crippen LogP contribution in [0.4, 0.5) is 0 Å². The number of pyridine rings is 1. The number of amides is 1. The van der Waals surface area contributed by atoms with Crippen molar-refractivity contribution < 1.29 is 34.8 Å². The largest absolute Gasteiger partial charge is 0.510 e. The van der Waals surface area contributed by atoms with Gasteiger partial charge in [0.05, 0.1) is 17.3 Å². The molecule has 2 aromatic rings. The van der Waals surface area contributed by atoms with Crippen LogP contribution in [0.15, 0.2) is 53.1 Å². The van der Waals surface area contributed by atoms with Crippen molar-refractivity contribution >= 4 is 17.5 Å². The number of piperidine rings is 1. The summed E-state index contributed by atoms with van der Waals surface area (Å²) >= 11 is 0. The number of ketones is 2. The summed E-state index contributed by atoms with van der Waals surface area (Å²) in [7, 11) is 3.21. The number of aliphatic hydroxyl groups excluding tert-OH is 2. The van der Waals surface area contributed by atoms with Crippen LogP contribution in [-0.2, 0) is 22.6 Å². The van der Waals surface area contributed by atoms with Crippen molar-refractivity contribution in [3.8, 4) is 17.0 Å². The van der Waals surface area contributed by atoms with Crippen LogP contribution in [0.5, 0.6) is 5.75 Å². The number of aromatic nitrogens is 1. The van der Waals surface area contributed by atoms with Crippen LogP contribution in [-0.4, -0.2) is 91.5 Å². The van der Waals surface area contributed by atoms with E-state index in [2.05, 4.69) is 9.88 Å². The summed E-state index contributed by atoms with van der Waals surface area (Å²) in [6.45, 7) is 2.15. The smallest absolute Gasteiger partial charge is 0.255 e. The van der Waals surface area contributed by atoms with Gasteiger partial charge in [-0.1, -0.05) is 12.5 Å². The molecule has 226 valence electrons. The lowest BCUT2D eigenvalue weighted by Crippen LogP contribution is -2.63. The molecule has 1 amide bonds. The highest BCUT2D eigenvalue weighted by atomic mass is 16.3. The van der Waals surface area contributed by atoms with E-state index in [1.807, 2.05) is 18.2 Å². The minimum absolute atomic E-state index is 0.0101. The highest BCUT2D eigenvalue weighted by Crippen LogP contribution is 2.53. The zero-order valence-electron chi connectivity index (χ0n) is 24.2. The normalized spacial score (nSPS) is 27.7. The van der Waals surface area contributed by atoms with E-state index in [1.54, 1.807) is 26.4 Å². The van der Waals surface area contributed by atoms with Crippen LogP contribution in [0.2, 0.25) is 0 Å². The SMILES string of the molecule is CN(C)[C@H]1C(O)=C(C(N)=O)C(=O)[C@@]2(O)C(O)=C3C(=O)c4c(O)c(CN5CCCCC5)cc(-c5ccccn5)c4CC3CC12. The number of allylic oxidation sites excluding steroid dienone is 1. The van der Waals surface area contributed by atoms with E-state index in [4.69, 9.17) is 5.73 Å². The zero-order chi connectivity index (χ0) is 30.8. The zero-order valence-corrected chi connectivity index (χ0v) is 24.2. The number of phenolic OH excluding ortho intramolecular Hbond substituents is 1. The van der Waals surface area contributed by atoms with Gasteiger partial charge < -0.3 is 26.2 Å². The highest BCUT2D eigenvalue weighted by molar-refractivity contribution is 6.25. The standard InChI is InChI=1S/C32H36N4O7/c1-35(2)25-20-14-16-12-19-18(21-8-4-5-9-34-21)13-17(15-36-10-6-3-7-11-36)26(37)23(19)27(38)22(16)29(40)32(20,43)30(41)24(28(25)39)31(33)42/h4-5,8-9,13,16,20,25,37,39-40,43H,3,6-7,10-12,14-15H2,1-2H3,(H2,33,42)/t16?,20?,25-,32+/m1/s1. The summed E-state index contributed by atoms with van der Waals surface area (Å²) in [5.74, 6) is -6.59. The van der Waals surface area contributed by atoms with Gasteiger partial charge in [0.1, 0.15) is 22.8 Å². The molecule has 2 unspecified atom stereocenters. The van der Waals surface area contributed by atoms with Crippen LogP contribution in [0.1, 0.15) is 47.2 Å². The van der Waals surface area contributed by atoms with Crippen molar-refractivity contribution in [2.24, 2.45) is 17.6 Å². The molecule has 1 aromatic heterocycles. The van der Waals surface area contributed by atoms with Gasteiger partial charge in [0, 0.05) is 35.4 Å². The van der Waals surface area contributed by atoms with Gasteiger partial charge in [0.25, 0.3) is 5.91 Å². The summed E-state index contributed by atoms with van der Waals surface area (Å²) in [5, 5.41) is 46.1. The molecule has 1 aromatic carbocycles. The van der Waals surface area contributed by atoms with E-state index in [9.17, 15) is 34.8 Å². The minimum Gasteiger partial charge on any atom is -0.510 e. The third-order valence-electron chi connectivity index (χ3n) is 9.58. The molecule has 6 rings (SSSR count). The summed E-state index contributed by atoms with van der Waals surface area (Å²) in [6.07, 6.45) is 5.11. The fraction of sp³-hybridized carbons (Fsp3) is 0.438. The van der Waals surface area contributed by atoms with Gasteiger partial charge in [-0.3, -0.25) is 29.2 Å². The number of primary amides is 1. The predicted octanol–water partition coefficient (Wildman–Crippen LogP) is 2.17. The molecule has 3 aliphatic carbocycles. The molecule has 11 nitrogen and oxygen atoms in total. The number of hydrogen-bond donors (Lipinski definition) is 5. The average molecular weight is 589 g/mol. The fourth-order valence-electron chi connectivity index (χ4n) is 7.60. The molecule has 0 saturated carbocycles. The van der Waals surface area contributed by atoms with Crippen LogP contribution in [0, 0.1) is 11.8 Å². The number of aliphatic hydroxyl groups is 3. The van der Waals surface area contributed by atoms with Gasteiger partial charge in [-0.25, -0.2) is 0 Å². The van der Waals surface area contributed by atoms with Crippen molar-refractivity contribution in [2.75, 3.05) is 27.2 Å². The third-order valence-corrected chi connectivity index (χ3v) is 9.58. The van der Waals surface area contributed by atoms with Gasteiger partial charge in [0.2, 0.25) is 5.78 Å². The molecular formula is C32H36N4O7. The van der Waals surface area contributed by atoms with E-state index >= 15 is 0 Å². The number of likely N-dealkylation sites (N-methyl/N-ethyl adjacent to an activating group) is 1. The van der Waals surface area contributed by atoms with Crippen molar-refractivity contribution in [3.05, 3.63) is 69.8 Å². The van der Waals surface area contributed by atoms with Crippen molar-refractivity contribution in [3.63, 3.8) is 0 Å². The Kier molecular flexibility index (Phi) is 7.15. The summed E-state index contributed by atoms with van der Waals surface area (Å²) < 4.78 is 0. The summed E-state index contributed by atoms with van der Waals surface area (Å²) in [5.41, 5.74) is 4.21. The first kappa shape index (κ1) is 29.0. The number of fused-ring (bicyclic) bond motifs is 3. The molecular weight excluding hydrogens is 552 g/mol. The van der Waals surface area contributed by atoms with Crippen molar-refractivity contribution in [2.45, 2.75) is 50.3 Å². The monoisotopic (exact) mass is 588 g/mol. The number of carbonyl (C=O) groups is 3. The van der Waals surface area contributed by atoms with Crippen molar-refractivity contribution in [1.29, 1.82) is 0 Å². The number of nitrogens with zero attached hydrogens (tertiary/aromatic N) is 3. The number of carbonyl (C=O) groups excluding carboxylic acids is 3. The first-order chi connectivity index (χ1) is 20.5. The Hall–Kier alpha value is -4.06. The molecule has 0 bridgehead atoms. The Morgan fingerprint density at radius 1 is 1.14 bits per heavy atom. The van der Waals surface area contributed by atoms with Crippen LogP contribution in [0.25, 0.3) is 11.3 Å². The number of likely N-dealkylation sites (tertiary alicyclic amines) is 1. The fourth-order valence-corrected chi connectivity index (χ4v) is 7.60. The second kappa shape index (κ2) is 10.6. The van der Waals surface area contributed by atoms with Crippen LogP contribution < -0.4 is 5.73 Å². The Morgan fingerprint density at radius 3 is 2.49 bits per heavy atom. The predicted molar refractivity (Wildman–Crippen MR) is 156 cm³/mol. The molecule has 4 aliphatic rings. The molecule has 4 atom stereocenters. The lowest BCUT2D eigenvalue weighted by molar-refractivity contribution is -0.148. The molecule has 43 heavy (non-hydrogen) atoms. The number of nitrogens with two attached hydrogens (primary N) is 1. The Balaban J connectivity index is 1.54. The molecule has 1 aliphatic heterocycles. The minimum atomic E-state index is -2.67. The third kappa shape index (κ3) is 4.37. The Labute approximate surface area is 248 Å². The van der Waals surface area contributed by atoms with Crippen LogP contribution in [0.3, 0.4) is 0 Å². The van der Waals surface area contributed by atoms with E-state index in [-0.39, 0.29) is 29.7 Å². The van der Waals surface area contributed by atoms with E-state index < -0.39 is 58.0 Å². The van der Waals surface area contributed by atoms with Crippen molar-refractivity contribution in [1.82, 2.24) is 14.8 Å². The molecule has 1 fully saturated rings. The van der Waals surface area contributed by atoms with Gasteiger partial charge in [-0.15, -0.1) is 0 Å². The maximum atomic E-state index is 14.3. The van der Waals surface area contributed by atoms with Gasteiger partial charge in [-0.05, 0) is 82.5 Å². The van der Waals surface area contributed by atoms with Gasteiger partial charge in [-0.2, -0.15) is 0 Å². The van der Waals surface area contributed by atoms with Gasteiger partial charge in [0.15, 0.2) is 11.4 Å². The maximum absolute atomic E-state index is 14.3. The highest BCUT2D eigenvalue weighted by Gasteiger charge is 2.63. The number of Topliss-reactive ketones (excluding diaryl/α,β-unsaturated/α-hetero) is 2. The van der Waals surface area contributed by atoms with Gasteiger partial charge >= 0.3 is 0 Å². The first-order valence-corrected chi connectivity index (χ1v) is 14.6. The van der Waals surface area contributed by atoms with Crippen LogP contribution >= 0.6 is 0 Å².